The molecule has 1 unspecified atom stereocenters. The molecule has 0 aliphatic carbocycles. The van der Waals surface area contributed by atoms with E-state index in [1.807, 2.05) is 54.6 Å². The molecule has 41 heavy (non-hydrogen) atoms. The number of benzene rings is 4. The zero-order valence-electron chi connectivity index (χ0n) is 21.5. The number of hydrogen-bond acceptors (Lipinski definition) is 6. The van der Waals surface area contributed by atoms with Crippen LogP contribution in [0.25, 0.3) is 0 Å². The van der Waals surface area contributed by atoms with Crippen LogP contribution in [-0.4, -0.2) is 35.4 Å². The van der Waals surface area contributed by atoms with Crippen molar-refractivity contribution in [1.29, 1.82) is 0 Å². The van der Waals surface area contributed by atoms with E-state index in [9.17, 15) is 18.8 Å². The number of carboxylic acids is 1. The van der Waals surface area contributed by atoms with Crippen molar-refractivity contribution >= 4 is 29.2 Å². The minimum absolute atomic E-state index is 0.00108. The van der Waals surface area contributed by atoms with E-state index in [1.54, 1.807) is 24.3 Å². The summed E-state index contributed by atoms with van der Waals surface area (Å²) < 4.78 is 22.8. The molecule has 2 aliphatic rings. The first-order chi connectivity index (χ1) is 19.8. The smallest absolute Gasteiger partial charge is 0.339 e. The minimum Gasteiger partial charge on any atom is -0.478 e. The number of primary amides is 1. The lowest BCUT2D eigenvalue weighted by atomic mass is 9.98. The van der Waals surface area contributed by atoms with Crippen LogP contribution in [0.4, 0.5) is 10.1 Å². The monoisotopic (exact) mass is 553 g/mol. The van der Waals surface area contributed by atoms with Crippen molar-refractivity contribution < 1.29 is 33.4 Å². The SMILES string of the molecule is NC(=O)c1ccccc1C1N=C(c2ccccc2)c2ccccc2NC1=O.O=C(O)c1cc(F)cc2c1OCOC2. The molecule has 4 aromatic carbocycles. The molecule has 206 valence electrons. The predicted octanol–water partition coefficient (Wildman–Crippen LogP) is 4.71. The van der Waals surface area contributed by atoms with Crippen molar-refractivity contribution in [1.82, 2.24) is 0 Å². The van der Waals surface area contributed by atoms with Gasteiger partial charge in [0, 0.05) is 22.3 Å². The molecule has 0 saturated heterocycles. The molecule has 10 heteroatoms. The van der Waals surface area contributed by atoms with Crippen molar-refractivity contribution in [2.75, 3.05) is 12.1 Å². The number of carbonyl (C=O) groups is 3. The lowest BCUT2D eigenvalue weighted by molar-refractivity contribution is -0.117. The summed E-state index contributed by atoms with van der Waals surface area (Å²) in [5.74, 6) is -2.50. The lowest BCUT2D eigenvalue weighted by Gasteiger charge is -2.19. The fraction of sp³-hybridized carbons (Fsp3) is 0.0968. The minimum atomic E-state index is -1.21. The summed E-state index contributed by atoms with van der Waals surface area (Å²) >= 11 is 0. The van der Waals surface area contributed by atoms with Gasteiger partial charge < -0.3 is 25.6 Å². The molecule has 2 aliphatic heterocycles. The van der Waals surface area contributed by atoms with Crippen LogP contribution in [0.3, 0.4) is 0 Å². The number of fused-ring (bicyclic) bond motifs is 2. The Bertz CT molecular complexity index is 1670. The second-order valence-electron chi connectivity index (χ2n) is 9.09. The Morgan fingerprint density at radius 1 is 0.951 bits per heavy atom. The average Bonchev–Trinajstić information content (AvgIpc) is 3.13. The maximum atomic E-state index is 13.0. The number of nitrogens with zero attached hydrogens (tertiary/aromatic N) is 1. The summed E-state index contributed by atoms with van der Waals surface area (Å²) in [6.07, 6.45) is 0. The number of rotatable bonds is 4. The molecule has 1 atom stereocenters. The van der Waals surface area contributed by atoms with E-state index in [-0.39, 0.29) is 30.6 Å². The summed E-state index contributed by atoms with van der Waals surface area (Å²) in [4.78, 5) is 40.3. The Morgan fingerprint density at radius 3 is 2.41 bits per heavy atom. The van der Waals surface area contributed by atoms with Gasteiger partial charge in [0.25, 0.3) is 5.91 Å². The van der Waals surface area contributed by atoms with E-state index in [0.717, 1.165) is 17.2 Å². The molecule has 2 heterocycles. The van der Waals surface area contributed by atoms with Crippen molar-refractivity contribution in [3.8, 4) is 5.75 Å². The van der Waals surface area contributed by atoms with Gasteiger partial charge in [0.05, 0.1) is 18.0 Å². The van der Waals surface area contributed by atoms with Gasteiger partial charge in [-0.25, -0.2) is 9.18 Å². The number of ether oxygens (including phenoxy) is 2. The summed E-state index contributed by atoms with van der Waals surface area (Å²) in [7, 11) is 0. The Hall–Kier alpha value is -5.35. The van der Waals surface area contributed by atoms with Crippen molar-refractivity contribution in [2.45, 2.75) is 12.6 Å². The third kappa shape index (κ3) is 5.82. The van der Waals surface area contributed by atoms with Crippen molar-refractivity contribution in [3.63, 3.8) is 0 Å². The molecule has 0 bridgehead atoms. The number of amides is 2. The maximum Gasteiger partial charge on any atom is 0.339 e. The van der Waals surface area contributed by atoms with Gasteiger partial charge >= 0.3 is 5.97 Å². The standard InChI is InChI=1S/C22H17N3O2.C9H7FO4/c23-21(26)16-11-5-4-10-15(16)20-22(27)24-18-13-7-6-12-17(18)19(25-20)14-8-2-1-3-9-14;10-6-1-5-3-13-4-14-8(5)7(2-6)9(11)12/h1-13,20H,(H2,23,26)(H,24,27);1-2H,3-4H2,(H,11,12). The molecular formula is C31H24FN3O6. The molecule has 0 saturated carbocycles. The Labute approximate surface area is 234 Å². The van der Waals surface area contributed by atoms with E-state index in [4.69, 9.17) is 25.3 Å². The number of aliphatic imine (C=N–C) groups is 1. The number of hydrogen-bond donors (Lipinski definition) is 3. The largest absolute Gasteiger partial charge is 0.478 e. The van der Waals surface area contributed by atoms with Gasteiger partial charge in [-0.1, -0.05) is 66.7 Å². The summed E-state index contributed by atoms with van der Waals surface area (Å²) in [5.41, 5.74) is 9.65. The maximum absolute atomic E-state index is 13.0. The summed E-state index contributed by atoms with van der Waals surface area (Å²) in [5, 5.41) is 11.7. The molecule has 0 radical (unpaired) electrons. The predicted molar refractivity (Wildman–Crippen MR) is 148 cm³/mol. The van der Waals surface area contributed by atoms with Gasteiger partial charge in [-0.05, 0) is 29.8 Å². The molecule has 9 nitrogen and oxygen atoms in total. The molecular weight excluding hydrogens is 529 g/mol. The Kier molecular flexibility index (Phi) is 7.84. The van der Waals surface area contributed by atoms with Crippen LogP contribution < -0.4 is 15.8 Å². The lowest BCUT2D eigenvalue weighted by Crippen LogP contribution is -2.22. The molecule has 6 rings (SSSR count). The van der Waals surface area contributed by atoms with Crippen LogP contribution in [0.2, 0.25) is 0 Å². The topological polar surface area (TPSA) is 140 Å². The first-order valence-corrected chi connectivity index (χ1v) is 12.5. The number of nitrogens with one attached hydrogen (secondary N) is 1. The summed E-state index contributed by atoms with van der Waals surface area (Å²) in [6, 6.07) is 25.3. The van der Waals surface area contributed by atoms with Crippen molar-refractivity contribution in [3.05, 3.63) is 130 Å². The van der Waals surface area contributed by atoms with Gasteiger partial charge in [0.15, 0.2) is 12.8 Å². The number of carboxylic acid groups (broad SMARTS) is 1. The highest BCUT2D eigenvalue weighted by molar-refractivity contribution is 6.20. The van der Waals surface area contributed by atoms with Crippen LogP contribution >= 0.6 is 0 Å². The zero-order valence-corrected chi connectivity index (χ0v) is 21.5. The first-order valence-electron chi connectivity index (χ1n) is 12.5. The third-order valence-corrected chi connectivity index (χ3v) is 6.42. The molecule has 0 fully saturated rings. The second-order valence-corrected chi connectivity index (χ2v) is 9.09. The number of carbonyl (C=O) groups excluding carboxylic acids is 2. The van der Waals surface area contributed by atoms with Gasteiger partial charge in [-0.3, -0.25) is 14.6 Å². The number of aromatic carboxylic acids is 1. The van der Waals surface area contributed by atoms with Crippen LogP contribution in [0.1, 0.15) is 49.0 Å². The van der Waals surface area contributed by atoms with Crippen LogP contribution in [0.15, 0.2) is 96.0 Å². The second kappa shape index (κ2) is 11.8. The highest BCUT2D eigenvalue weighted by Gasteiger charge is 2.29. The zero-order chi connectivity index (χ0) is 28.9. The number of benzodiazepines with no additional fused rings is 1. The molecule has 4 aromatic rings. The number of halogens is 1. The quantitative estimate of drug-likeness (QED) is 0.335. The normalized spacial score (nSPS) is 15.4. The van der Waals surface area contributed by atoms with Crippen LogP contribution in [0.5, 0.6) is 5.75 Å². The van der Waals surface area contributed by atoms with Gasteiger partial charge in [0.2, 0.25) is 5.91 Å². The third-order valence-electron chi connectivity index (χ3n) is 6.42. The first kappa shape index (κ1) is 27.2. The van der Waals surface area contributed by atoms with Gasteiger partial charge in [-0.2, -0.15) is 0 Å². The van der Waals surface area contributed by atoms with E-state index >= 15 is 0 Å². The van der Waals surface area contributed by atoms with Gasteiger partial charge in [0.1, 0.15) is 17.1 Å². The summed E-state index contributed by atoms with van der Waals surface area (Å²) in [6.45, 7) is 0.173. The average molecular weight is 554 g/mol. The molecule has 0 aromatic heterocycles. The number of para-hydroxylation sites is 1. The van der Waals surface area contributed by atoms with Crippen LogP contribution in [-0.2, 0) is 16.1 Å². The fourth-order valence-electron chi connectivity index (χ4n) is 4.59. The Balaban J connectivity index is 0.000000202. The number of nitrogens with two attached hydrogens (primary N) is 1. The molecule has 4 N–H and O–H groups in total. The van der Waals surface area contributed by atoms with Crippen molar-refractivity contribution in [2.24, 2.45) is 10.7 Å². The van der Waals surface area contributed by atoms with Gasteiger partial charge in [-0.15, -0.1) is 0 Å². The number of anilines is 1. The van der Waals surface area contributed by atoms with E-state index < -0.39 is 23.7 Å². The highest BCUT2D eigenvalue weighted by atomic mass is 19.1. The van der Waals surface area contributed by atoms with E-state index in [0.29, 0.717) is 28.1 Å². The Morgan fingerprint density at radius 2 is 1.66 bits per heavy atom. The fourth-order valence-corrected chi connectivity index (χ4v) is 4.59. The molecule has 0 spiro atoms. The van der Waals surface area contributed by atoms with E-state index in [1.165, 1.54) is 6.07 Å². The van der Waals surface area contributed by atoms with E-state index in [2.05, 4.69) is 5.32 Å². The van der Waals surface area contributed by atoms with Crippen LogP contribution in [0, 0.1) is 5.82 Å². The highest BCUT2D eigenvalue weighted by Crippen LogP contribution is 2.31. The molecule has 2 amide bonds.